The van der Waals surface area contributed by atoms with Crippen LogP contribution in [0.25, 0.3) is 6.08 Å². The molecule has 0 radical (unpaired) electrons. The minimum atomic E-state index is -1.21. The molecule has 0 amide bonds. The van der Waals surface area contributed by atoms with Crippen molar-refractivity contribution in [2.45, 2.75) is 118 Å². The number of alkyl halides is 1. The smallest absolute Gasteiger partial charge is 0.313 e. The van der Waals surface area contributed by atoms with Crippen LogP contribution < -0.4 is 4.74 Å². The number of halogens is 1. The van der Waals surface area contributed by atoms with E-state index < -0.39 is 28.0 Å². The van der Waals surface area contributed by atoms with Crippen molar-refractivity contribution in [3.63, 3.8) is 0 Å². The van der Waals surface area contributed by atoms with E-state index in [2.05, 4.69) is 54.5 Å². The summed E-state index contributed by atoms with van der Waals surface area (Å²) in [5.74, 6) is 1.04. The van der Waals surface area contributed by atoms with E-state index in [1.807, 2.05) is 24.3 Å². The Kier molecular flexibility index (Phi) is 6.01. The molecule has 5 heteroatoms. The Balaban J connectivity index is 1.34. The highest BCUT2D eigenvalue weighted by Crippen LogP contribution is 2.81. The van der Waals surface area contributed by atoms with Crippen LogP contribution in [0.3, 0.4) is 0 Å². The third kappa shape index (κ3) is 3.43. The molecular weight excluding hydrogens is 539 g/mol. The number of carbonyl (C=O) groups excluding carboxylic acids is 2. The summed E-state index contributed by atoms with van der Waals surface area (Å²) >= 11 is 0. The normalized spacial score (nSPS) is 48.4. The number of carbonyl (C=O) groups is 2. The Labute approximate surface area is 257 Å². The van der Waals surface area contributed by atoms with Gasteiger partial charge in [-0.1, -0.05) is 60.6 Å². The van der Waals surface area contributed by atoms with Crippen molar-refractivity contribution in [1.29, 1.82) is 0 Å². The molecule has 9 atom stereocenters. The zero-order valence-electron chi connectivity index (χ0n) is 27.6. The first-order valence-corrected chi connectivity index (χ1v) is 16.8. The fourth-order valence-electron chi connectivity index (χ4n) is 12.7. The molecule has 1 saturated heterocycles. The van der Waals surface area contributed by atoms with Crippen molar-refractivity contribution in [2.24, 2.45) is 50.2 Å². The van der Waals surface area contributed by atoms with Crippen LogP contribution in [0.1, 0.15) is 112 Å². The molecule has 0 unspecified atom stereocenters. The zero-order chi connectivity index (χ0) is 31.0. The molecule has 6 aliphatic rings. The molecule has 6 fully saturated rings. The SMILES string of the molecule is COc1cccc(/C=C2\C[C@]3(C)[C@H]4C[C@@H](F)[C@]56OC(=O)[C@@]7(CCC(C)(C)C[C@H]75)CC[C@@]6(C)[C@]4(C)CC[C@H]3C(C)(C)C2=O)c1. The van der Waals surface area contributed by atoms with Crippen molar-refractivity contribution >= 4 is 17.8 Å². The van der Waals surface area contributed by atoms with Gasteiger partial charge < -0.3 is 9.47 Å². The van der Waals surface area contributed by atoms with Gasteiger partial charge in [0, 0.05) is 16.7 Å². The van der Waals surface area contributed by atoms with Crippen LogP contribution in [0.5, 0.6) is 5.75 Å². The van der Waals surface area contributed by atoms with E-state index in [4.69, 9.17) is 9.47 Å². The van der Waals surface area contributed by atoms with Crippen LogP contribution in [0.4, 0.5) is 4.39 Å². The molecule has 1 aromatic carbocycles. The summed E-state index contributed by atoms with van der Waals surface area (Å²) in [6, 6.07) is 7.87. The molecule has 0 aromatic heterocycles. The molecule has 1 aromatic rings. The number of rotatable bonds is 2. The second kappa shape index (κ2) is 8.75. The maximum atomic E-state index is 17.5. The summed E-state index contributed by atoms with van der Waals surface area (Å²) < 4.78 is 29.6. The molecular formula is C38H51FO4. The third-order valence-electron chi connectivity index (χ3n) is 15.0. The van der Waals surface area contributed by atoms with Gasteiger partial charge in [0.15, 0.2) is 11.4 Å². The first-order valence-electron chi connectivity index (χ1n) is 16.8. The van der Waals surface area contributed by atoms with Crippen LogP contribution in [0.15, 0.2) is 29.8 Å². The van der Waals surface area contributed by atoms with Gasteiger partial charge in [0.1, 0.15) is 11.9 Å². The number of allylic oxidation sites excluding steroid dienone is 1. The summed E-state index contributed by atoms with van der Waals surface area (Å²) in [5, 5.41) is 0. The maximum absolute atomic E-state index is 17.5. The molecule has 5 aliphatic carbocycles. The fourth-order valence-corrected chi connectivity index (χ4v) is 12.7. The lowest BCUT2D eigenvalue weighted by Crippen LogP contribution is -2.75. The molecule has 0 N–H and O–H groups in total. The number of Topliss-reactive ketones (excluding diaryl/α,β-unsaturated/α-hetero) is 1. The molecule has 1 heterocycles. The van der Waals surface area contributed by atoms with Crippen molar-refractivity contribution in [3.8, 4) is 5.75 Å². The zero-order valence-corrected chi connectivity index (χ0v) is 27.6. The predicted octanol–water partition coefficient (Wildman–Crippen LogP) is 8.77. The van der Waals surface area contributed by atoms with Crippen LogP contribution in [0.2, 0.25) is 0 Å². The Morgan fingerprint density at radius 1 is 0.930 bits per heavy atom. The summed E-state index contributed by atoms with van der Waals surface area (Å²) in [6.07, 6.45) is 8.08. The first-order chi connectivity index (χ1) is 20.0. The second-order valence-electron chi connectivity index (χ2n) is 17.5. The second-order valence-corrected chi connectivity index (χ2v) is 17.5. The van der Waals surface area contributed by atoms with E-state index in [1.54, 1.807) is 7.11 Å². The lowest BCUT2D eigenvalue weighted by molar-refractivity contribution is -0.299. The molecule has 4 nitrogen and oxygen atoms in total. The number of methoxy groups -OCH3 is 1. The number of ketones is 1. The van der Waals surface area contributed by atoms with E-state index in [0.717, 1.165) is 61.8 Å². The summed E-state index contributed by atoms with van der Waals surface area (Å²) in [6.45, 7) is 15.9. The highest BCUT2D eigenvalue weighted by Gasteiger charge is 2.84. The van der Waals surface area contributed by atoms with Gasteiger partial charge in [-0.25, -0.2) is 4.39 Å². The lowest BCUT2D eigenvalue weighted by Gasteiger charge is -2.74. The topological polar surface area (TPSA) is 52.6 Å². The Morgan fingerprint density at radius 3 is 2.37 bits per heavy atom. The number of ether oxygens (including phenoxy) is 2. The number of hydrogen-bond acceptors (Lipinski definition) is 4. The molecule has 5 saturated carbocycles. The van der Waals surface area contributed by atoms with Crippen LogP contribution >= 0.6 is 0 Å². The van der Waals surface area contributed by atoms with E-state index in [0.29, 0.717) is 12.8 Å². The van der Waals surface area contributed by atoms with E-state index in [-0.39, 0.29) is 45.8 Å². The van der Waals surface area contributed by atoms with Gasteiger partial charge in [0.25, 0.3) is 0 Å². The summed E-state index contributed by atoms with van der Waals surface area (Å²) in [7, 11) is 1.66. The van der Waals surface area contributed by atoms with Gasteiger partial charge in [-0.05, 0) is 115 Å². The van der Waals surface area contributed by atoms with Crippen molar-refractivity contribution in [1.82, 2.24) is 0 Å². The van der Waals surface area contributed by atoms with Crippen LogP contribution in [-0.4, -0.2) is 30.6 Å². The predicted molar refractivity (Wildman–Crippen MR) is 166 cm³/mol. The fraction of sp³-hybridized carbons (Fsp3) is 0.737. The highest BCUT2D eigenvalue weighted by molar-refractivity contribution is 6.04. The quantitative estimate of drug-likeness (QED) is 0.255. The Morgan fingerprint density at radius 2 is 1.65 bits per heavy atom. The Bertz CT molecular complexity index is 1430. The Hall–Kier alpha value is -2.17. The number of fused-ring (bicyclic) bond motifs is 4. The number of hydrogen-bond donors (Lipinski definition) is 0. The average Bonchev–Trinajstić information content (AvgIpc) is 3.13. The minimum Gasteiger partial charge on any atom is -0.497 e. The molecule has 43 heavy (non-hydrogen) atoms. The van der Waals surface area contributed by atoms with Gasteiger partial charge in [0.2, 0.25) is 0 Å². The lowest BCUT2D eigenvalue weighted by atomic mass is 9.30. The molecule has 1 spiro atoms. The van der Waals surface area contributed by atoms with Crippen LogP contribution in [-0.2, 0) is 14.3 Å². The van der Waals surface area contributed by atoms with Crippen molar-refractivity contribution in [3.05, 3.63) is 35.4 Å². The molecule has 2 bridgehead atoms. The average molecular weight is 591 g/mol. The largest absolute Gasteiger partial charge is 0.497 e. The van der Waals surface area contributed by atoms with Gasteiger partial charge in [-0.2, -0.15) is 0 Å². The van der Waals surface area contributed by atoms with E-state index >= 15 is 4.39 Å². The minimum absolute atomic E-state index is 0.0683. The standard InChI is InChI=1S/C38H51FO4/c1-32(2)14-16-37-17-15-36(7)35(6)13-12-26-33(3,4)30(40)24(18-23-10-9-11-25(19-23)42-8)21-34(26,5)27(35)20-29(39)38(36,28(37)22-32)43-31(37)41/h9-11,18-19,26-29H,12-17,20-22H2,1-8H3/b24-18+/t26-,27+,28+,29+,34-,35+,36-,37-,38+/m0/s1. The van der Waals surface area contributed by atoms with E-state index in [1.165, 1.54) is 0 Å². The van der Waals surface area contributed by atoms with Gasteiger partial charge in [-0.15, -0.1) is 0 Å². The third-order valence-corrected chi connectivity index (χ3v) is 15.0. The molecule has 7 rings (SSSR count). The van der Waals surface area contributed by atoms with Gasteiger partial charge in [0.05, 0.1) is 12.5 Å². The van der Waals surface area contributed by atoms with Crippen LogP contribution in [0, 0.1) is 50.2 Å². The monoisotopic (exact) mass is 590 g/mol. The number of benzene rings is 1. The van der Waals surface area contributed by atoms with Crippen molar-refractivity contribution in [2.75, 3.05) is 7.11 Å². The summed E-state index contributed by atoms with van der Waals surface area (Å²) in [4.78, 5) is 28.0. The molecule has 1 aliphatic heterocycles. The highest BCUT2D eigenvalue weighted by atomic mass is 19.1. The maximum Gasteiger partial charge on any atom is 0.313 e. The van der Waals surface area contributed by atoms with Gasteiger partial charge in [-0.3, -0.25) is 9.59 Å². The molecule has 234 valence electrons. The van der Waals surface area contributed by atoms with Crippen molar-refractivity contribution < 1.29 is 23.5 Å². The summed E-state index contributed by atoms with van der Waals surface area (Å²) in [5.41, 5.74) is -1.19. The first kappa shape index (κ1) is 29.5. The van der Waals surface area contributed by atoms with Gasteiger partial charge >= 0.3 is 5.97 Å². The number of esters is 1. The van der Waals surface area contributed by atoms with E-state index in [9.17, 15) is 9.59 Å².